The average molecular weight is 241 g/mol. The van der Waals surface area contributed by atoms with E-state index < -0.39 is 5.97 Å². The van der Waals surface area contributed by atoms with Crippen LogP contribution in [0.4, 0.5) is 0 Å². The van der Waals surface area contributed by atoms with Crippen LogP contribution in [-0.4, -0.2) is 17.7 Å². The van der Waals surface area contributed by atoms with Gasteiger partial charge in [0.1, 0.15) is 5.75 Å². The number of rotatable bonds is 2. The van der Waals surface area contributed by atoms with Crippen molar-refractivity contribution in [1.29, 1.82) is 0 Å². The van der Waals surface area contributed by atoms with Gasteiger partial charge in [0.25, 0.3) is 0 Å². The van der Waals surface area contributed by atoms with Crippen molar-refractivity contribution < 1.29 is 14.6 Å². The van der Waals surface area contributed by atoms with E-state index >= 15 is 0 Å². The van der Waals surface area contributed by atoms with Crippen molar-refractivity contribution in [2.45, 2.75) is 25.2 Å². The fraction of sp³-hybridized carbons (Fsp3) is 0.417. The number of hydrogen-bond donors (Lipinski definition) is 1. The summed E-state index contributed by atoms with van der Waals surface area (Å²) < 4.78 is 5.56. The maximum Gasteiger partial charge on any atom is 0.303 e. The van der Waals surface area contributed by atoms with E-state index in [2.05, 4.69) is 0 Å². The quantitative estimate of drug-likeness (QED) is 0.864. The molecular formula is C12H13ClO3. The van der Waals surface area contributed by atoms with Crippen molar-refractivity contribution in [2.24, 2.45) is 0 Å². The molecule has 3 nitrogen and oxygen atoms in total. The molecule has 1 aromatic rings. The van der Waals surface area contributed by atoms with Gasteiger partial charge in [-0.2, -0.15) is 0 Å². The van der Waals surface area contributed by atoms with Crippen LogP contribution in [0.3, 0.4) is 0 Å². The van der Waals surface area contributed by atoms with Crippen molar-refractivity contribution in [3.63, 3.8) is 0 Å². The Hall–Kier alpha value is -1.22. The van der Waals surface area contributed by atoms with Crippen LogP contribution in [0.5, 0.6) is 5.75 Å². The van der Waals surface area contributed by atoms with Gasteiger partial charge in [-0.1, -0.05) is 11.6 Å². The van der Waals surface area contributed by atoms with E-state index in [9.17, 15) is 4.79 Å². The van der Waals surface area contributed by atoms with Gasteiger partial charge >= 0.3 is 5.97 Å². The van der Waals surface area contributed by atoms with E-state index in [4.69, 9.17) is 21.4 Å². The molecule has 16 heavy (non-hydrogen) atoms. The molecule has 0 aliphatic carbocycles. The first-order chi connectivity index (χ1) is 7.66. The normalized spacial score (nSPS) is 19.4. The zero-order chi connectivity index (χ0) is 11.5. The minimum atomic E-state index is -0.780. The molecule has 0 amide bonds. The Morgan fingerprint density at radius 1 is 1.56 bits per heavy atom. The smallest absolute Gasteiger partial charge is 0.303 e. The van der Waals surface area contributed by atoms with Crippen LogP contribution in [-0.2, 0) is 4.79 Å². The first-order valence-corrected chi connectivity index (χ1v) is 5.68. The SMILES string of the molecule is O=C(O)CC1CCCOc2ccc(Cl)cc21. The summed E-state index contributed by atoms with van der Waals surface area (Å²) in [5, 5.41) is 9.50. The van der Waals surface area contributed by atoms with Gasteiger partial charge in [-0.15, -0.1) is 0 Å². The summed E-state index contributed by atoms with van der Waals surface area (Å²) in [6.45, 7) is 0.644. The second kappa shape index (κ2) is 4.74. The highest BCUT2D eigenvalue weighted by atomic mass is 35.5. The first-order valence-electron chi connectivity index (χ1n) is 5.31. The third kappa shape index (κ3) is 2.47. The van der Waals surface area contributed by atoms with Crippen LogP contribution in [0, 0.1) is 0 Å². The van der Waals surface area contributed by atoms with E-state index in [0.29, 0.717) is 11.6 Å². The maximum absolute atomic E-state index is 10.8. The van der Waals surface area contributed by atoms with Crippen LogP contribution >= 0.6 is 11.6 Å². The van der Waals surface area contributed by atoms with Crippen LogP contribution < -0.4 is 4.74 Å². The molecule has 0 saturated carbocycles. The van der Waals surface area contributed by atoms with Gasteiger partial charge in [0.2, 0.25) is 0 Å². The molecule has 1 N–H and O–H groups in total. The minimum absolute atomic E-state index is 0.00806. The molecule has 0 fully saturated rings. The summed E-state index contributed by atoms with van der Waals surface area (Å²) in [4.78, 5) is 10.8. The van der Waals surface area contributed by atoms with Crippen molar-refractivity contribution in [2.75, 3.05) is 6.61 Å². The molecule has 0 aromatic heterocycles. The van der Waals surface area contributed by atoms with Crippen molar-refractivity contribution in [3.8, 4) is 5.75 Å². The van der Waals surface area contributed by atoms with E-state index in [1.54, 1.807) is 6.07 Å². The van der Waals surface area contributed by atoms with Crippen LogP contribution in [0.15, 0.2) is 18.2 Å². The molecule has 2 rings (SSSR count). The molecular weight excluding hydrogens is 228 g/mol. The highest BCUT2D eigenvalue weighted by Crippen LogP contribution is 2.36. The number of hydrogen-bond acceptors (Lipinski definition) is 2. The number of fused-ring (bicyclic) bond motifs is 1. The molecule has 86 valence electrons. The number of carboxylic acids is 1. The van der Waals surface area contributed by atoms with E-state index in [0.717, 1.165) is 24.2 Å². The number of benzene rings is 1. The second-order valence-corrected chi connectivity index (χ2v) is 4.40. The zero-order valence-electron chi connectivity index (χ0n) is 8.78. The van der Waals surface area contributed by atoms with Crippen molar-refractivity contribution in [3.05, 3.63) is 28.8 Å². The Kier molecular flexibility index (Phi) is 3.34. The number of halogens is 1. The number of carboxylic acid groups (broad SMARTS) is 1. The third-order valence-corrected chi connectivity index (χ3v) is 3.02. The molecule has 1 aliphatic rings. The van der Waals surface area contributed by atoms with E-state index in [-0.39, 0.29) is 12.3 Å². The topological polar surface area (TPSA) is 46.5 Å². The van der Waals surface area contributed by atoms with Gasteiger partial charge in [-0.25, -0.2) is 0 Å². The molecule has 1 atom stereocenters. The van der Waals surface area contributed by atoms with Gasteiger partial charge in [0, 0.05) is 5.02 Å². The molecule has 0 bridgehead atoms. The number of carbonyl (C=O) groups is 1. The largest absolute Gasteiger partial charge is 0.493 e. The molecule has 4 heteroatoms. The van der Waals surface area contributed by atoms with E-state index in [1.807, 2.05) is 12.1 Å². The van der Waals surface area contributed by atoms with Gasteiger partial charge in [-0.3, -0.25) is 4.79 Å². The van der Waals surface area contributed by atoms with Crippen LogP contribution in [0.1, 0.15) is 30.7 Å². The Labute approximate surface area is 99.0 Å². The molecule has 0 radical (unpaired) electrons. The summed E-state index contributed by atoms with van der Waals surface area (Å²) in [6, 6.07) is 5.40. The monoisotopic (exact) mass is 240 g/mol. The summed E-state index contributed by atoms with van der Waals surface area (Å²) in [5.74, 6) is -0.000300. The lowest BCUT2D eigenvalue weighted by molar-refractivity contribution is -0.137. The number of aliphatic carboxylic acids is 1. The van der Waals surface area contributed by atoms with Gasteiger partial charge < -0.3 is 9.84 Å². The maximum atomic E-state index is 10.8. The third-order valence-electron chi connectivity index (χ3n) is 2.79. The van der Waals surface area contributed by atoms with Crippen LogP contribution in [0.25, 0.3) is 0 Å². The second-order valence-electron chi connectivity index (χ2n) is 3.97. The minimum Gasteiger partial charge on any atom is -0.493 e. The van der Waals surface area contributed by atoms with Gasteiger partial charge in [-0.05, 0) is 42.5 Å². The molecule has 1 heterocycles. The van der Waals surface area contributed by atoms with Gasteiger partial charge in [0.05, 0.1) is 13.0 Å². The highest BCUT2D eigenvalue weighted by molar-refractivity contribution is 6.30. The molecule has 0 spiro atoms. The highest BCUT2D eigenvalue weighted by Gasteiger charge is 2.22. The Bertz CT molecular complexity index is 403. The first kappa shape index (κ1) is 11.3. The summed E-state index contributed by atoms with van der Waals surface area (Å²) in [6.07, 6.45) is 1.85. The molecule has 0 saturated heterocycles. The average Bonchev–Trinajstić information content (AvgIpc) is 2.41. The molecule has 1 unspecified atom stereocenters. The predicted molar refractivity (Wildman–Crippen MR) is 61.2 cm³/mol. The summed E-state index contributed by atoms with van der Waals surface area (Å²) in [7, 11) is 0. The lowest BCUT2D eigenvalue weighted by Gasteiger charge is -2.14. The Morgan fingerprint density at radius 2 is 2.38 bits per heavy atom. The molecule has 1 aromatic carbocycles. The lowest BCUT2D eigenvalue weighted by Crippen LogP contribution is -2.05. The molecule has 1 aliphatic heterocycles. The summed E-state index contributed by atoms with van der Waals surface area (Å²) >= 11 is 5.93. The lowest BCUT2D eigenvalue weighted by atomic mass is 9.91. The predicted octanol–water partition coefficient (Wildman–Crippen LogP) is 3.07. The fourth-order valence-corrected chi connectivity index (χ4v) is 2.24. The van der Waals surface area contributed by atoms with Crippen molar-refractivity contribution >= 4 is 17.6 Å². The standard InChI is InChI=1S/C12H13ClO3/c13-9-3-4-11-10(7-9)8(6-12(14)15)2-1-5-16-11/h3-4,7-8H,1-2,5-6H2,(H,14,15). The fourth-order valence-electron chi connectivity index (χ4n) is 2.06. The Balaban J connectivity index is 2.34. The van der Waals surface area contributed by atoms with E-state index in [1.165, 1.54) is 0 Å². The van der Waals surface area contributed by atoms with Crippen LogP contribution in [0.2, 0.25) is 5.02 Å². The summed E-state index contributed by atoms with van der Waals surface area (Å²) in [5.41, 5.74) is 0.924. The van der Waals surface area contributed by atoms with Gasteiger partial charge in [0.15, 0.2) is 0 Å². The zero-order valence-corrected chi connectivity index (χ0v) is 9.54. The number of ether oxygens (including phenoxy) is 1. The van der Waals surface area contributed by atoms with Crippen molar-refractivity contribution in [1.82, 2.24) is 0 Å². The Morgan fingerprint density at radius 3 is 3.12 bits per heavy atom.